The monoisotopic (exact) mass is 568 g/mol. The molecule has 1 aliphatic heterocycles. The number of pyridine rings is 2. The lowest BCUT2D eigenvalue weighted by Crippen LogP contribution is -2.55. The van der Waals surface area contributed by atoms with Gasteiger partial charge in [0.1, 0.15) is 23.3 Å². The number of rotatable bonds is 6. The number of aromatic nitrogens is 4. The molecule has 1 saturated heterocycles. The standard InChI is InChI=1S/C32H33FN6O3/c1-6-25(40)37-13-14-38(20(5)17-37)30-23-16-24(33)27(22-9-7-8-21-11-15-42-29(21)22)35-31(23)39(32(41)36-30)28-19(4)10-12-34-26(28)18(2)3/h6-12,15-16,18,20,25,40H,1,13-14,17H2,2-5H3/t20-,25?/m0/s1. The lowest BCUT2D eigenvalue weighted by molar-refractivity contribution is 0.0296. The van der Waals surface area contributed by atoms with E-state index < -0.39 is 17.7 Å². The summed E-state index contributed by atoms with van der Waals surface area (Å²) in [6.45, 7) is 13.1. The Labute approximate surface area is 242 Å². The molecule has 0 radical (unpaired) electrons. The summed E-state index contributed by atoms with van der Waals surface area (Å²) in [6, 6.07) is 10.4. The van der Waals surface area contributed by atoms with Crippen LogP contribution in [0.2, 0.25) is 0 Å². The molecular formula is C32H33FN6O3. The van der Waals surface area contributed by atoms with Crippen LogP contribution >= 0.6 is 0 Å². The molecule has 0 spiro atoms. The number of hydrogen-bond acceptors (Lipinski definition) is 8. The first-order valence-electron chi connectivity index (χ1n) is 14.1. The van der Waals surface area contributed by atoms with Gasteiger partial charge in [0.2, 0.25) is 0 Å². The van der Waals surface area contributed by atoms with Gasteiger partial charge < -0.3 is 14.4 Å². The van der Waals surface area contributed by atoms with Crippen LogP contribution in [0.5, 0.6) is 0 Å². The Morgan fingerprint density at radius 2 is 2.00 bits per heavy atom. The van der Waals surface area contributed by atoms with E-state index in [2.05, 4.69) is 16.5 Å². The first-order chi connectivity index (χ1) is 20.2. The number of piperazine rings is 1. The third kappa shape index (κ3) is 4.56. The topological polar surface area (TPSA) is 101 Å². The average molecular weight is 569 g/mol. The highest BCUT2D eigenvalue weighted by molar-refractivity contribution is 5.95. The Bertz CT molecular complexity index is 1880. The van der Waals surface area contributed by atoms with Gasteiger partial charge in [-0.2, -0.15) is 4.98 Å². The second kappa shape index (κ2) is 10.8. The third-order valence-corrected chi connectivity index (χ3v) is 7.98. The maximum Gasteiger partial charge on any atom is 0.355 e. The molecule has 1 unspecified atom stereocenters. The molecule has 1 fully saturated rings. The molecule has 5 aromatic rings. The second-order valence-corrected chi connectivity index (χ2v) is 11.1. The maximum atomic E-state index is 16.1. The fourth-order valence-corrected chi connectivity index (χ4v) is 5.87. The molecule has 4 aromatic heterocycles. The summed E-state index contributed by atoms with van der Waals surface area (Å²) in [7, 11) is 0. The van der Waals surface area contributed by atoms with E-state index in [1.807, 2.05) is 61.8 Å². The van der Waals surface area contributed by atoms with Gasteiger partial charge in [-0.15, -0.1) is 0 Å². The SMILES string of the molecule is C=CC(O)N1CCN(c2nc(=O)n(-c3c(C)ccnc3C(C)C)c3nc(-c4cccc5ccoc45)c(F)cc23)[C@@H](C)C1. The first-order valence-corrected chi connectivity index (χ1v) is 14.1. The molecular weight excluding hydrogens is 535 g/mol. The number of furan rings is 1. The van der Waals surface area contributed by atoms with Crippen LogP contribution in [0, 0.1) is 12.7 Å². The number of benzene rings is 1. The summed E-state index contributed by atoms with van der Waals surface area (Å²) in [5.41, 5.74) is 2.96. The molecule has 0 amide bonds. The predicted octanol–water partition coefficient (Wildman–Crippen LogP) is 5.17. The Kier molecular flexibility index (Phi) is 7.12. The number of hydrogen-bond donors (Lipinski definition) is 1. The molecule has 2 atom stereocenters. The molecule has 0 aliphatic carbocycles. The molecule has 5 heterocycles. The molecule has 0 saturated carbocycles. The van der Waals surface area contributed by atoms with Crippen LogP contribution < -0.4 is 10.6 Å². The summed E-state index contributed by atoms with van der Waals surface area (Å²) >= 11 is 0. The zero-order chi connectivity index (χ0) is 29.7. The third-order valence-electron chi connectivity index (χ3n) is 7.98. The van der Waals surface area contributed by atoms with Crippen LogP contribution in [0.15, 0.2) is 70.7 Å². The van der Waals surface area contributed by atoms with E-state index in [9.17, 15) is 9.90 Å². The number of nitrogens with zero attached hydrogens (tertiary/aromatic N) is 6. The average Bonchev–Trinajstić information content (AvgIpc) is 3.46. The highest BCUT2D eigenvalue weighted by Gasteiger charge is 2.31. The fraction of sp³-hybridized carbons (Fsp3) is 0.312. The minimum absolute atomic E-state index is 0.00250. The molecule has 9 nitrogen and oxygen atoms in total. The number of aliphatic hydroxyl groups is 1. The quantitative estimate of drug-likeness (QED) is 0.280. The van der Waals surface area contributed by atoms with Crippen molar-refractivity contribution in [2.75, 3.05) is 24.5 Å². The maximum absolute atomic E-state index is 16.1. The summed E-state index contributed by atoms with van der Waals surface area (Å²) < 4.78 is 23.3. The van der Waals surface area contributed by atoms with Crippen molar-refractivity contribution in [3.63, 3.8) is 0 Å². The van der Waals surface area contributed by atoms with Crippen molar-refractivity contribution < 1.29 is 13.9 Å². The van der Waals surface area contributed by atoms with Crippen molar-refractivity contribution in [3.05, 3.63) is 89.1 Å². The van der Waals surface area contributed by atoms with Gasteiger partial charge in [-0.3, -0.25) is 9.88 Å². The Morgan fingerprint density at radius 3 is 2.74 bits per heavy atom. The molecule has 1 N–H and O–H groups in total. The van der Waals surface area contributed by atoms with Crippen molar-refractivity contribution in [2.45, 2.75) is 45.9 Å². The lowest BCUT2D eigenvalue weighted by atomic mass is 10.0. The Balaban J connectivity index is 1.64. The molecule has 42 heavy (non-hydrogen) atoms. The van der Waals surface area contributed by atoms with Crippen LogP contribution in [0.4, 0.5) is 10.2 Å². The smallest absolute Gasteiger partial charge is 0.355 e. The molecule has 216 valence electrons. The number of halogens is 1. The van der Waals surface area contributed by atoms with Gasteiger partial charge in [-0.25, -0.2) is 18.7 Å². The van der Waals surface area contributed by atoms with Gasteiger partial charge in [-0.1, -0.05) is 32.6 Å². The highest BCUT2D eigenvalue weighted by Crippen LogP contribution is 2.35. The first kappa shape index (κ1) is 27.7. The van der Waals surface area contributed by atoms with Gasteiger partial charge >= 0.3 is 5.69 Å². The molecule has 1 aliphatic rings. The summed E-state index contributed by atoms with van der Waals surface area (Å²) in [6.07, 6.45) is 3.99. The van der Waals surface area contributed by atoms with E-state index in [0.717, 1.165) is 10.9 Å². The van der Waals surface area contributed by atoms with Crippen LogP contribution in [-0.2, 0) is 0 Å². The number of aryl methyl sites for hydroxylation is 1. The van der Waals surface area contributed by atoms with E-state index in [1.54, 1.807) is 18.5 Å². The molecule has 10 heteroatoms. The largest absolute Gasteiger partial charge is 0.464 e. The van der Waals surface area contributed by atoms with Crippen LogP contribution in [-0.4, -0.2) is 61.4 Å². The summed E-state index contributed by atoms with van der Waals surface area (Å²) in [5, 5.41) is 11.5. The van der Waals surface area contributed by atoms with Crippen LogP contribution in [0.3, 0.4) is 0 Å². The van der Waals surface area contributed by atoms with Crippen molar-refractivity contribution in [2.24, 2.45) is 0 Å². The van der Waals surface area contributed by atoms with Crippen molar-refractivity contribution in [1.29, 1.82) is 0 Å². The van der Waals surface area contributed by atoms with Gasteiger partial charge in [0.05, 0.1) is 23.0 Å². The normalized spacial score (nSPS) is 16.9. The van der Waals surface area contributed by atoms with Crippen molar-refractivity contribution in [1.82, 2.24) is 24.4 Å². The summed E-state index contributed by atoms with van der Waals surface area (Å²) in [4.78, 5) is 31.9. The van der Waals surface area contributed by atoms with Crippen molar-refractivity contribution >= 4 is 27.8 Å². The van der Waals surface area contributed by atoms with Gasteiger partial charge in [-0.05, 0) is 55.7 Å². The number of aliphatic hydroxyl groups excluding tert-OH is 1. The number of fused-ring (bicyclic) bond motifs is 2. The van der Waals surface area contributed by atoms with E-state index in [1.165, 1.54) is 16.7 Å². The predicted molar refractivity (Wildman–Crippen MR) is 162 cm³/mol. The Morgan fingerprint density at radius 1 is 1.19 bits per heavy atom. The van der Waals surface area contributed by atoms with Gasteiger partial charge in [0.15, 0.2) is 11.5 Å². The minimum atomic E-state index is -0.777. The van der Waals surface area contributed by atoms with E-state index in [4.69, 9.17) is 9.40 Å². The zero-order valence-corrected chi connectivity index (χ0v) is 24.1. The Hall–Kier alpha value is -4.41. The minimum Gasteiger partial charge on any atom is -0.464 e. The van der Waals surface area contributed by atoms with Crippen LogP contribution in [0.1, 0.15) is 37.9 Å². The van der Waals surface area contributed by atoms with E-state index >= 15 is 4.39 Å². The molecule has 6 rings (SSSR count). The summed E-state index contributed by atoms with van der Waals surface area (Å²) in [5.74, 6) is -0.198. The lowest BCUT2D eigenvalue weighted by Gasteiger charge is -2.42. The van der Waals surface area contributed by atoms with Crippen LogP contribution in [0.25, 0.3) is 38.9 Å². The van der Waals surface area contributed by atoms with E-state index in [0.29, 0.717) is 53.4 Å². The van der Waals surface area contributed by atoms with E-state index in [-0.39, 0.29) is 23.3 Å². The van der Waals surface area contributed by atoms with Gasteiger partial charge in [0.25, 0.3) is 0 Å². The molecule has 0 bridgehead atoms. The van der Waals surface area contributed by atoms with Crippen molar-refractivity contribution in [3.8, 4) is 16.9 Å². The number of para-hydroxylation sites is 1. The highest BCUT2D eigenvalue weighted by atomic mass is 19.1. The fourth-order valence-electron chi connectivity index (χ4n) is 5.87. The second-order valence-electron chi connectivity index (χ2n) is 11.1. The molecule has 1 aromatic carbocycles. The zero-order valence-electron chi connectivity index (χ0n) is 24.1. The number of anilines is 1. The van der Waals surface area contributed by atoms with Gasteiger partial charge in [0, 0.05) is 42.8 Å².